The van der Waals surface area contributed by atoms with Crippen LogP contribution >= 0.6 is 0 Å². The van der Waals surface area contributed by atoms with Gasteiger partial charge in [-0.05, 0) is 26.8 Å². The van der Waals surface area contributed by atoms with Crippen molar-refractivity contribution in [1.82, 2.24) is 15.5 Å². The van der Waals surface area contributed by atoms with Gasteiger partial charge < -0.3 is 10.1 Å². The van der Waals surface area contributed by atoms with Gasteiger partial charge in [0.2, 0.25) is 5.88 Å². The zero-order valence-electron chi connectivity index (χ0n) is 10.5. The molecule has 0 aliphatic rings. The van der Waals surface area contributed by atoms with E-state index in [0.717, 1.165) is 0 Å². The first kappa shape index (κ1) is 14.7. The van der Waals surface area contributed by atoms with E-state index in [1.807, 2.05) is 20.8 Å². The third kappa shape index (κ3) is 6.39. The molecule has 1 rings (SSSR count). The third-order valence-electron chi connectivity index (χ3n) is 1.88. The summed E-state index contributed by atoms with van der Waals surface area (Å²) in [6.07, 6.45) is -4.37. The van der Waals surface area contributed by atoms with Gasteiger partial charge in [-0.25, -0.2) is 0 Å². The Morgan fingerprint density at radius 1 is 1.17 bits per heavy atom. The molecule has 0 amide bonds. The molecular weight excluding hydrogens is 247 g/mol. The summed E-state index contributed by atoms with van der Waals surface area (Å²) in [5.74, 6) is -0.133. The van der Waals surface area contributed by atoms with Crippen LogP contribution in [0.3, 0.4) is 0 Å². The van der Waals surface area contributed by atoms with Crippen LogP contribution in [-0.4, -0.2) is 28.5 Å². The summed E-state index contributed by atoms with van der Waals surface area (Å²) < 4.78 is 40.1. The van der Waals surface area contributed by atoms with Crippen LogP contribution in [0.15, 0.2) is 12.1 Å². The number of rotatable bonds is 4. The van der Waals surface area contributed by atoms with Crippen LogP contribution < -0.4 is 10.1 Å². The molecule has 4 nitrogen and oxygen atoms in total. The van der Waals surface area contributed by atoms with Gasteiger partial charge >= 0.3 is 6.18 Å². The molecule has 0 unspecified atom stereocenters. The van der Waals surface area contributed by atoms with Crippen LogP contribution in [0.1, 0.15) is 26.5 Å². The fraction of sp³-hybridized carbons (Fsp3) is 0.636. The maximum Gasteiger partial charge on any atom is 0.422 e. The second-order valence-corrected chi connectivity index (χ2v) is 4.87. The number of alkyl halides is 3. The Bertz CT molecular complexity index is 334. The van der Waals surface area contributed by atoms with E-state index in [0.29, 0.717) is 12.2 Å². The van der Waals surface area contributed by atoms with Crippen LogP contribution in [0.25, 0.3) is 0 Å². The van der Waals surface area contributed by atoms with E-state index in [1.165, 1.54) is 6.07 Å². The minimum atomic E-state index is -4.37. The lowest BCUT2D eigenvalue weighted by molar-refractivity contribution is -0.154. The summed E-state index contributed by atoms with van der Waals surface area (Å²) in [6, 6.07) is 2.95. The van der Waals surface area contributed by atoms with Crippen molar-refractivity contribution in [2.75, 3.05) is 6.61 Å². The van der Waals surface area contributed by atoms with Crippen molar-refractivity contribution in [2.24, 2.45) is 0 Å². The smallest absolute Gasteiger partial charge is 0.422 e. The van der Waals surface area contributed by atoms with E-state index >= 15 is 0 Å². The average molecular weight is 263 g/mol. The minimum absolute atomic E-state index is 0.0624. The van der Waals surface area contributed by atoms with Crippen LogP contribution in [0, 0.1) is 0 Å². The maximum absolute atomic E-state index is 11.9. The van der Waals surface area contributed by atoms with E-state index < -0.39 is 12.8 Å². The van der Waals surface area contributed by atoms with E-state index in [1.54, 1.807) is 6.07 Å². The molecule has 0 saturated heterocycles. The Kier molecular flexibility index (Phi) is 4.50. The highest BCUT2D eigenvalue weighted by atomic mass is 19.4. The van der Waals surface area contributed by atoms with Crippen LogP contribution in [0.5, 0.6) is 5.88 Å². The first-order chi connectivity index (χ1) is 8.16. The van der Waals surface area contributed by atoms with Gasteiger partial charge in [-0.2, -0.15) is 18.3 Å². The van der Waals surface area contributed by atoms with Gasteiger partial charge in [0.25, 0.3) is 0 Å². The zero-order valence-corrected chi connectivity index (χ0v) is 10.5. The van der Waals surface area contributed by atoms with Gasteiger partial charge in [-0.1, -0.05) is 0 Å². The first-order valence-electron chi connectivity index (χ1n) is 5.43. The van der Waals surface area contributed by atoms with Gasteiger partial charge in [0.05, 0.1) is 5.69 Å². The predicted octanol–water partition coefficient (Wildman–Crippen LogP) is 2.31. The molecule has 0 aliphatic carbocycles. The molecular formula is C11H16F3N3O. The standard InChI is InChI=1S/C11H16F3N3O/c1-10(2,3)15-6-8-4-5-9(17-16-8)18-7-11(12,13)14/h4-5,15H,6-7H2,1-3H3. The summed E-state index contributed by atoms with van der Waals surface area (Å²) in [5, 5.41) is 10.5. The minimum Gasteiger partial charge on any atom is -0.467 e. The highest BCUT2D eigenvalue weighted by Gasteiger charge is 2.28. The monoisotopic (exact) mass is 263 g/mol. The lowest BCUT2D eigenvalue weighted by atomic mass is 10.1. The topological polar surface area (TPSA) is 47.0 Å². The Labute approximate surface area is 104 Å². The van der Waals surface area contributed by atoms with Crippen molar-refractivity contribution in [3.63, 3.8) is 0 Å². The largest absolute Gasteiger partial charge is 0.467 e. The average Bonchev–Trinajstić information content (AvgIpc) is 2.23. The number of nitrogens with one attached hydrogen (secondary N) is 1. The summed E-state index contributed by atoms with van der Waals surface area (Å²) in [4.78, 5) is 0. The molecule has 1 aromatic heterocycles. The summed E-state index contributed by atoms with van der Waals surface area (Å²) >= 11 is 0. The van der Waals surface area contributed by atoms with Crippen LogP contribution in [0.2, 0.25) is 0 Å². The molecule has 0 aromatic carbocycles. The first-order valence-corrected chi connectivity index (χ1v) is 5.43. The van der Waals surface area contributed by atoms with Crippen LogP contribution in [0.4, 0.5) is 13.2 Å². The summed E-state index contributed by atoms with van der Waals surface area (Å²) in [5.41, 5.74) is 0.580. The molecule has 7 heteroatoms. The van der Waals surface area contributed by atoms with Crippen molar-refractivity contribution in [1.29, 1.82) is 0 Å². The molecule has 0 spiro atoms. The SMILES string of the molecule is CC(C)(C)NCc1ccc(OCC(F)(F)F)nn1. The van der Waals surface area contributed by atoms with Gasteiger partial charge in [0, 0.05) is 18.2 Å². The van der Waals surface area contributed by atoms with Crippen molar-refractivity contribution >= 4 is 0 Å². The lowest BCUT2D eigenvalue weighted by Crippen LogP contribution is -2.35. The number of halogens is 3. The van der Waals surface area contributed by atoms with E-state index in [9.17, 15) is 13.2 Å². The highest BCUT2D eigenvalue weighted by molar-refractivity contribution is 5.11. The Balaban J connectivity index is 2.48. The maximum atomic E-state index is 11.9. The Hall–Kier alpha value is -1.37. The normalized spacial score (nSPS) is 12.6. The second-order valence-electron chi connectivity index (χ2n) is 4.87. The quantitative estimate of drug-likeness (QED) is 0.905. The van der Waals surface area contributed by atoms with E-state index in [-0.39, 0.29) is 11.4 Å². The van der Waals surface area contributed by atoms with Crippen molar-refractivity contribution < 1.29 is 17.9 Å². The molecule has 0 saturated carbocycles. The van der Waals surface area contributed by atoms with Crippen molar-refractivity contribution in [3.05, 3.63) is 17.8 Å². The number of hydrogen-bond acceptors (Lipinski definition) is 4. The molecule has 1 N–H and O–H groups in total. The number of ether oxygens (including phenoxy) is 1. The molecule has 1 heterocycles. The number of nitrogens with zero attached hydrogens (tertiary/aromatic N) is 2. The van der Waals surface area contributed by atoms with Gasteiger partial charge in [-0.15, -0.1) is 5.10 Å². The van der Waals surface area contributed by atoms with Gasteiger partial charge in [0.15, 0.2) is 6.61 Å². The molecule has 18 heavy (non-hydrogen) atoms. The molecule has 0 atom stereocenters. The molecule has 1 aromatic rings. The molecule has 102 valence electrons. The third-order valence-corrected chi connectivity index (χ3v) is 1.88. The van der Waals surface area contributed by atoms with Gasteiger partial charge in [0.1, 0.15) is 0 Å². The summed E-state index contributed by atoms with van der Waals surface area (Å²) in [6.45, 7) is 5.14. The Morgan fingerprint density at radius 3 is 2.28 bits per heavy atom. The Morgan fingerprint density at radius 2 is 1.83 bits per heavy atom. The zero-order chi connectivity index (χ0) is 13.8. The number of hydrogen-bond donors (Lipinski definition) is 1. The van der Waals surface area contributed by atoms with E-state index in [2.05, 4.69) is 20.3 Å². The summed E-state index contributed by atoms with van der Waals surface area (Å²) in [7, 11) is 0. The lowest BCUT2D eigenvalue weighted by Gasteiger charge is -2.19. The van der Waals surface area contributed by atoms with Gasteiger partial charge in [-0.3, -0.25) is 0 Å². The second kappa shape index (κ2) is 5.51. The molecule has 0 bridgehead atoms. The molecule has 0 radical (unpaired) electrons. The highest BCUT2D eigenvalue weighted by Crippen LogP contribution is 2.16. The van der Waals surface area contributed by atoms with Crippen molar-refractivity contribution in [3.8, 4) is 5.88 Å². The number of aromatic nitrogens is 2. The van der Waals surface area contributed by atoms with Crippen LogP contribution in [-0.2, 0) is 6.54 Å². The van der Waals surface area contributed by atoms with Crippen molar-refractivity contribution in [2.45, 2.75) is 39.0 Å². The van der Waals surface area contributed by atoms with E-state index in [4.69, 9.17) is 0 Å². The molecule has 0 fully saturated rings. The molecule has 0 aliphatic heterocycles. The fourth-order valence-electron chi connectivity index (χ4n) is 1.03. The fourth-order valence-corrected chi connectivity index (χ4v) is 1.03. The predicted molar refractivity (Wildman–Crippen MR) is 60.2 cm³/mol.